The van der Waals surface area contributed by atoms with Gasteiger partial charge >= 0.3 is 12.1 Å². The monoisotopic (exact) mass is 379 g/mol. The second kappa shape index (κ2) is 8.71. The second-order valence-electron chi connectivity index (χ2n) is 7.62. The van der Waals surface area contributed by atoms with Gasteiger partial charge in [-0.25, -0.2) is 4.79 Å². The molecule has 0 aromatic heterocycles. The summed E-state index contributed by atoms with van der Waals surface area (Å²) in [7, 11) is 2.95. The number of amides is 1. The van der Waals surface area contributed by atoms with Gasteiger partial charge in [-0.3, -0.25) is 4.79 Å². The van der Waals surface area contributed by atoms with Crippen molar-refractivity contribution < 1.29 is 28.5 Å². The number of ether oxygens (including phenoxy) is 4. The zero-order chi connectivity index (χ0) is 20.2. The summed E-state index contributed by atoms with van der Waals surface area (Å²) in [6.45, 7) is 7.25. The van der Waals surface area contributed by atoms with Crippen LogP contribution < -0.4 is 0 Å². The summed E-state index contributed by atoms with van der Waals surface area (Å²) >= 11 is 0. The van der Waals surface area contributed by atoms with Gasteiger partial charge in [0, 0.05) is 12.6 Å². The highest BCUT2D eigenvalue weighted by atomic mass is 16.7. The van der Waals surface area contributed by atoms with E-state index in [0.29, 0.717) is 0 Å². The van der Waals surface area contributed by atoms with E-state index < -0.39 is 36.1 Å². The molecule has 1 aromatic rings. The van der Waals surface area contributed by atoms with Crippen molar-refractivity contribution in [1.82, 2.24) is 4.90 Å². The lowest BCUT2D eigenvalue weighted by Crippen LogP contribution is -2.57. The first-order valence-corrected chi connectivity index (χ1v) is 9.01. The van der Waals surface area contributed by atoms with Crippen LogP contribution in [0, 0.1) is 0 Å². The first-order chi connectivity index (χ1) is 12.6. The van der Waals surface area contributed by atoms with E-state index in [4.69, 9.17) is 18.9 Å². The van der Waals surface area contributed by atoms with Crippen LogP contribution in [0.25, 0.3) is 0 Å². The number of esters is 1. The Labute approximate surface area is 160 Å². The number of rotatable bonds is 4. The van der Waals surface area contributed by atoms with Gasteiger partial charge in [-0.05, 0) is 27.7 Å². The molecule has 1 fully saturated rings. The van der Waals surface area contributed by atoms with Crippen molar-refractivity contribution in [1.29, 1.82) is 0 Å². The number of nitrogens with zero attached hydrogens (tertiary/aromatic N) is 1. The fraction of sp³-hybridized carbons (Fsp3) is 0.600. The molecule has 0 aliphatic carbocycles. The van der Waals surface area contributed by atoms with Gasteiger partial charge in [0.1, 0.15) is 5.60 Å². The van der Waals surface area contributed by atoms with Crippen LogP contribution in [0.3, 0.4) is 0 Å². The van der Waals surface area contributed by atoms with Gasteiger partial charge in [-0.2, -0.15) is 0 Å². The summed E-state index contributed by atoms with van der Waals surface area (Å²) in [6.07, 6.45) is -2.09. The van der Waals surface area contributed by atoms with Crippen molar-refractivity contribution in [3.8, 4) is 0 Å². The minimum absolute atomic E-state index is 0.00530. The first kappa shape index (κ1) is 21.2. The topological polar surface area (TPSA) is 74.3 Å². The number of methoxy groups -OCH3 is 1. The van der Waals surface area contributed by atoms with E-state index in [0.717, 1.165) is 5.56 Å². The number of likely N-dealkylation sites (N-methyl/N-ethyl adjacent to an activating group) is 1. The number of hydrogen-bond donors (Lipinski definition) is 0. The summed E-state index contributed by atoms with van der Waals surface area (Å²) < 4.78 is 22.3. The summed E-state index contributed by atoms with van der Waals surface area (Å²) in [5.74, 6) is -0.413. The summed E-state index contributed by atoms with van der Waals surface area (Å²) in [6, 6.07) is 8.97. The Balaban J connectivity index is 2.23. The van der Waals surface area contributed by atoms with Crippen molar-refractivity contribution in [3.63, 3.8) is 0 Å². The van der Waals surface area contributed by atoms with Crippen LogP contribution in [0.15, 0.2) is 30.3 Å². The van der Waals surface area contributed by atoms with Gasteiger partial charge < -0.3 is 23.8 Å². The Morgan fingerprint density at radius 2 is 1.78 bits per heavy atom. The van der Waals surface area contributed by atoms with Crippen LogP contribution in [0.4, 0.5) is 4.79 Å². The lowest BCUT2D eigenvalue weighted by molar-refractivity contribution is -0.268. The molecule has 150 valence electrons. The molecule has 27 heavy (non-hydrogen) atoms. The van der Waals surface area contributed by atoms with Crippen LogP contribution in [-0.4, -0.2) is 55.0 Å². The fourth-order valence-corrected chi connectivity index (χ4v) is 3.05. The minimum atomic E-state index is -0.630. The van der Waals surface area contributed by atoms with Gasteiger partial charge in [-0.15, -0.1) is 0 Å². The van der Waals surface area contributed by atoms with Gasteiger partial charge in [0.15, 0.2) is 6.29 Å². The zero-order valence-corrected chi connectivity index (χ0v) is 16.8. The molecule has 0 unspecified atom stereocenters. The van der Waals surface area contributed by atoms with E-state index in [2.05, 4.69) is 0 Å². The van der Waals surface area contributed by atoms with Crippen molar-refractivity contribution in [2.24, 2.45) is 0 Å². The van der Waals surface area contributed by atoms with E-state index in [9.17, 15) is 9.59 Å². The van der Waals surface area contributed by atoms with Crippen molar-refractivity contribution in [2.45, 2.75) is 64.3 Å². The highest BCUT2D eigenvalue weighted by Gasteiger charge is 2.43. The predicted molar refractivity (Wildman–Crippen MR) is 99.0 cm³/mol. The largest absolute Gasteiger partial charge is 0.469 e. The summed E-state index contributed by atoms with van der Waals surface area (Å²) in [5, 5.41) is 0. The molecule has 4 atom stereocenters. The molecule has 7 nitrogen and oxygen atoms in total. The molecular weight excluding hydrogens is 350 g/mol. The van der Waals surface area contributed by atoms with Crippen molar-refractivity contribution in [2.75, 3.05) is 14.2 Å². The molecule has 2 rings (SSSR count). The number of carbonyl (C=O) groups excluding carboxylic acids is 2. The minimum Gasteiger partial charge on any atom is -0.469 e. The molecule has 1 aromatic carbocycles. The lowest BCUT2D eigenvalue weighted by atomic mass is 9.99. The Hall–Kier alpha value is -2.12. The van der Waals surface area contributed by atoms with Crippen molar-refractivity contribution >= 4 is 12.1 Å². The maximum Gasteiger partial charge on any atom is 0.410 e. The maximum atomic E-state index is 12.5. The smallest absolute Gasteiger partial charge is 0.410 e. The summed E-state index contributed by atoms with van der Waals surface area (Å²) in [5.41, 5.74) is 0.215. The average Bonchev–Trinajstić information content (AvgIpc) is 2.60. The Morgan fingerprint density at radius 1 is 1.15 bits per heavy atom. The second-order valence-corrected chi connectivity index (χ2v) is 7.62. The van der Waals surface area contributed by atoms with E-state index in [1.54, 1.807) is 27.8 Å². The fourth-order valence-electron chi connectivity index (χ4n) is 3.05. The highest BCUT2D eigenvalue weighted by Crippen LogP contribution is 2.34. The molecular formula is C20H29NO6. The van der Waals surface area contributed by atoms with Gasteiger partial charge in [0.25, 0.3) is 0 Å². The predicted octanol–water partition coefficient (Wildman–Crippen LogP) is 3.29. The molecule has 1 saturated heterocycles. The first-order valence-electron chi connectivity index (χ1n) is 9.01. The molecule has 1 aliphatic rings. The van der Waals surface area contributed by atoms with E-state index in [-0.39, 0.29) is 12.5 Å². The summed E-state index contributed by atoms with van der Waals surface area (Å²) in [4.78, 5) is 25.9. The van der Waals surface area contributed by atoms with Crippen LogP contribution in [0.2, 0.25) is 0 Å². The Bertz CT molecular complexity index is 642. The van der Waals surface area contributed by atoms with E-state index in [1.165, 1.54) is 12.0 Å². The molecule has 0 N–H and O–H groups in total. The molecule has 1 aliphatic heterocycles. The van der Waals surface area contributed by atoms with Crippen LogP contribution in [0.5, 0.6) is 0 Å². The van der Waals surface area contributed by atoms with Crippen molar-refractivity contribution in [3.05, 3.63) is 35.9 Å². The number of benzene rings is 1. The lowest BCUT2D eigenvalue weighted by Gasteiger charge is -2.44. The molecule has 0 bridgehead atoms. The Morgan fingerprint density at radius 3 is 2.33 bits per heavy atom. The van der Waals surface area contributed by atoms with Gasteiger partial charge in [0.05, 0.1) is 31.8 Å². The van der Waals surface area contributed by atoms with E-state index >= 15 is 0 Å². The Kier molecular flexibility index (Phi) is 6.84. The average molecular weight is 379 g/mol. The molecule has 0 spiro atoms. The third-order valence-corrected chi connectivity index (χ3v) is 4.29. The third-order valence-electron chi connectivity index (χ3n) is 4.29. The van der Waals surface area contributed by atoms with Crippen LogP contribution >= 0.6 is 0 Å². The van der Waals surface area contributed by atoms with Crippen LogP contribution in [0.1, 0.15) is 46.0 Å². The van der Waals surface area contributed by atoms with Crippen LogP contribution in [-0.2, 0) is 23.7 Å². The highest BCUT2D eigenvalue weighted by molar-refractivity contribution is 5.71. The molecule has 1 amide bonds. The number of carbonyl (C=O) groups is 2. The van der Waals surface area contributed by atoms with E-state index in [1.807, 2.05) is 37.3 Å². The molecule has 0 saturated carbocycles. The third kappa shape index (κ3) is 5.68. The number of hydrogen-bond acceptors (Lipinski definition) is 6. The standard InChI is InChI=1S/C20H29NO6/c1-13-17(21(5)19(23)27-20(2,3)4)15(12-16(22)24-6)26-18(25-13)14-10-8-7-9-11-14/h7-11,13,15,17-18H,12H2,1-6H3/t13-,15+,17-,18-/m1/s1. The molecule has 1 heterocycles. The SMILES string of the molecule is COC(=O)C[C@@H]1O[C@H](c2ccccc2)O[C@H](C)[C@H]1N(C)C(=O)OC(C)(C)C. The zero-order valence-electron chi connectivity index (χ0n) is 16.8. The van der Waals surface area contributed by atoms with Gasteiger partial charge in [-0.1, -0.05) is 30.3 Å². The van der Waals surface area contributed by atoms with Gasteiger partial charge in [0.2, 0.25) is 0 Å². The molecule has 0 radical (unpaired) electrons. The maximum absolute atomic E-state index is 12.5. The normalized spacial score (nSPS) is 25.6. The molecule has 7 heteroatoms. The quantitative estimate of drug-likeness (QED) is 0.748.